The number of hydrogen-bond acceptors (Lipinski definition) is 4. The van der Waals surface area contributed by atoms with E-state index in [9.17, 15) is 4.79 Å². The average Bonchev–Trinajstić information content (AvgIpc) is 2.49. The molecule has 0 spiro atoms. The summed E-state index contributed by atoms with van der Waals surface area (Å²) in [7, 11) is 1.63. The smallest absolute Gasteiger partial charge is 0.304 e. The molecule has 0 aliphatic rings. The van der Waals surface area contributed by atoms with Gasteiger partial charge in [-0.1, -0.05) is 6.08 Å². The van der Waals surface area contributed by atoms with Crippen LogP contribution in [-0.4, -0.2) is 49.3 Å². The van der Waals surface area contributed by atoms with Crippen molar-refractivity contribution in [2.45, 2.75) is 12.8 Å². The van der Waals surface area contributed by atoms with E-state index in [4.69, 9.17) is 14.6 Å². The van der Waals surface area contributed by atoms with Crippen molar-refractivity contribution < 1.29 is 19.4 Å². The van der Waals surface area contributed by atoms with E-state index in [-0.39, 0.29) is 6.42 Å². The van der Waals surface area contributed by atoms with Crippen LogP contribution in [0.5, 0.6) is 11.5 Å². The topological polar surface area (TPSA) is 59.0 Å². The molecule has 0 saturated heterocycles. The van der Waals surface area contributed by atoms with Gasteiger partial charge >= 0.3 is 5.97 Å². The number of carboxylic acid groups (broad SMARTS) is 1. The molecule has 5 heteroatoms. The van der Waals surface area contributed by atoms with E-state index < -0.39 is 5.97 Å². The Morgan fingerprint density at radius 2 is 1.95 bits per heavy atom. The first-order valence-electron chi connectivity index (χ1n) is 6.97. The van der Waals surface area contributed by atoms with Crippen LogP contribution in [0, 0.1) is 0 Å². The van der Waals surface area contributed by atoms with Crippen LogP contribution in [0.15, 0.2) is 36.9 Å². The van der Waals surface area contributed by atoms with E-state index in [1.54, 1.807) is 13.2 Å². The summed E-state index contributed by atoms with van der Waals surface area (Å²) in [5, 5.41) is 8.71. The molecule has 0 bridgehead atoms. The minimum absolute atomic E-state index is 0.146. The third-order valence-corrected chi connectivity index (χ3v) is 2.98. The van der Waals surface area contributed by atoms with Crippen molar-refractivity contribution in [3.8, 4) is 11.5 Å². The number of methoxy groups -OCH3 is 1. The first kappa shape index (κ1) is 17.0. The van der Waals surface area contributed by atoms with Crippen molar-refractivity contribution in [1.29, 1.82) is 0 Å². The molecule has 0 aliphatic heterocycles. The summed E-state index contributed by atoms with van der Waals surface area (Å²) in [5.74, 6) is 0.823. The standard InChI is InChI=1S/C16H23NO4/c1-3-10-17(12-9-16(18)19)11-4-13-21-15-7-5-14(20-2)6-8-15/h3,5-8H,1,4,9-13H2,2H3,(H,18,19). The normalized spacial score (nSPS) is 10.4. The number of aliphatic carboxylic acids is 1. The molecule has 1 aromatic rings. The Bertz CT molecular complexity index is 430. The van der Waals surface area contributed by atoms with Crippen LogP contribution < -0.4 is 9.47 Å². The van der Waals surface area contributed by atoms with Gasteiger partial charge in [-0.05, 0) is 30.7 Å². The fourth-order valence-corrected chi connectivity index (χ4v) is 1.88. The minimum atomic E-state index is -0.779. The molecule has 116 valence electrons. The van der Waals surface area contributed by atoms with Gasteiger partial charge in [0.25, 0.3) is 0 Å². The van der Waals surface area contributed by atoms with Gasteiger partial charge in [-0.25, -0.2) is 0 Å². The van der Waals surface area contributed by atoms with Crippen molar-refractivity contribution >= 4 is 5.97 Å². The van der Waals surface area contributed by atoms with E-state index in [1.165, 1.54) is 0 Å². The van der Waals surface area contributed by atoms with Crippen LogP contribution in [0.1, 0.15) is 12.8 Å². The van der Waals surface area contributed by atoms with Gasteiger partial charge in [-0.3, -0.25) is 9.69 Å². The summed E-state index contributed by atoms with van der Waals surface area (Å²) in [6.45, 7) is 6.29. The molecule has 21 heavy (non-hydrogen) atoms. The Morgan fingerprint density at radius 3 is 2.52 bits per heavy atom. The number of hydrogen-bond donors (Lipinski definition) is 1. The third kappa shape index (κ3) is 7.37. The largest absolute Gasteiger partial charge is 0.497 e. The summed E-state index contributed by atoms with van der Waals surface area (Å²) in [6.07, 6.45) is 2.76. The second-order valence-corrected chi connectivity index (χ2v) is 4.61. The first-order valence-corrected chi connectivity index (χ1v) is 6.97. The van der Waals surface area contributed by atoms with E-state index in [2.05, 4.69) is 11.5 Å². The molecule has 1 rings (SSSR count). The Labute approximate surface area is 125 Å². The lowest BCUT2D eigenvalue weighted by Crippen LogP contribution is -2.28. The molecule has 0 saturated carbocycles. The zero-order valence-electron chi connectivity index (χ0n) is 12.5. The zero-order chi connectivity index (χ0) is 15.5. The van der Waals surface area contributed by atoms with E-state index in [1.807, 2.05) is 24.3 Å². The van der Waals surface area contributed by atoms with Crippen LogP contribution in [0.4, 0.5) is 0 Å². The number of carboxylic acids is 1. The number of ether oxygens (including phenoxy) is 2. The maximum atomic E-state index is 10.6. The fraction of sp³-hybridized carbons (Fsp3) is 0.438. The number of nitrogens with zero attached hydrogens (tertiary/aromatic N) is 1. The van der Waals surface area contributed by atoms with Crippen molar-refractivity contribution in [3.63, 3.8) is 0 Å². The molecule has 0 amide bonds. The monoisotopic (exact) mass is 293 g/mol. The van der Waals surface area contributed by atoms with Gasteiger partial charge in [-0.2, -0.15) is 0 Å². The van der Waals surface area contributed by atoms with E-state index in [0.29, 0.717) is 19.7 Å². The minimum Gasteiger partial charge on any atom is -0.497 e. The lowest BCUT2D eigenvalue weighted by Gasteiger charge is -2.19. The summed E-state index contributed by atoms with van der Waals surface area (Å²) in [5.41, 5.74) is 0. The second kappa shape index (κ2) is 9.83. The molecule has 1 aromatic carbocycles. The van der Waals surface area contributed by atoms with Crippen molar-refractivity contribution in [2.24, 2.45) is 0 Å². The maximum absolute atomic E-state index is 10.6. The van der Waals surface area contributed by atoms with Gasteiger partial charge in [0.15, 0.2) is 0 Å². The zero-order valence-corrected chi connectivity index (χ0v) is 12.5. The quantitative estimate of drug-likeness (QED) is 0.501. The van der Waals surface area contributed by atoms with Crippen LogP contribution in [-0.2, 0) is 4.79 Å². The van der Waals surface area contributed by atoms with Gasteiger partial charge in [0.2, 0.25) is 0 Å². The van der Waals surface area contributed by atoms with Crippen molar-refractivity contribution in [1.82, 2.24) is 4.90 Å². The molecular formula is C16H23NO4. The van der Waals surface area contributed by atoms with Crippen molar-refractivity contribution in [2.75, 3.05) is 33.4 Å². The highest BCUT2D eigenvalue weighted by Crippen LogP contribution is 2.17. The highest BCUT2D eigenvalue weighted by atomic mass is 16.5. The van der Waals surface area contributed by atoms with Crippen LogP contribution in [0.25, 0.3) is 0 Å². The summed E-state index contributed by atoms with van der Waals surface area (Å²) in [6, 6.07) is 7.44. The third-order valence-electron chi connectivity index (χ3n) is 2.98. The number of benzene rings is 1. The molecule has 1 N–H and O–H groups in total. The van der Waals surface area contributed by atoms with Gasteiger partial charge < -0.3 is 14.6 Å². The summed E-state index contributed by atoms with van der Waals surface area (Å²) >= 11 is 0. The fourth-order valence-electron chi connectivity index (χ4n) is 1.88. The lowest BCUT2D eigenvalue weighted by molar-refractivity contribution is -0.137. The molecule has 0 unspecified atom stereocenters. The molecule has 5 nitrogen and oxygen atoms in total. The number of carbonyl (C=O) groups is 1. The molecule has 0 fully saturated rings. The predicted octanol–water partition coefficient (Wildman–Crippen LogP) is 2.43. The predicted molar refractivity (Wildman–Crippen MR) is 82.0 cm³/mol. The first-order chi connectivity index (χ1) is 10.2. The summed E-state index contributed by atoms with van der Waals surface area (Å²) in [4.78, 5) is 12.6. The second-order valence-electron chi connectivity index (χ2n) is 4.61. The molecule has 0 heterocycles. The molecular weight excluding hydrogens is 270 g/mol. The molecule has 0 aromatic heterocycles. The lowest BCUT2D eigenvalue weighted by atomic mass is 10.3. The molecule has 0 radical (unpaired) electrons. The Hall–Kier alpha value is -2.01. The van der Waals surface area contributed by atoms with Crippen LogP contribution in [0.2, 0.25) is 0 Å². The van der Waals surface area contributed by atoms with E-state index in [0.717, 1.165) is 24.5 Å². The van der Waals surface area contributed by atoms with Gasteiger partial charge in [0.05, 0.1) is 20.1 Å². The van der Waals surface area contributed by atoms with Crippen LogP contribution in [0.3, 0.4) is 0 Å². The highest BCUT2D eigenvalue weighted by molar-refractivity contribution is 5.66. The highest BCUT2D eigenvalue weighted by Gasteiger charge is 2.06. The average molecular weight is 293 g/mol. The Morgan fingerprint density at radius 1 is 1.29 bits per heavy atom. The Kier molecular flexibility index (Phi) is 7.97. The maximum Gasteiger partial charge on any atom is 0.304 e. The Balaban J connectivity index is 2.25. The van der Waals surface area contributed by atoms with Crippen LogP contribution >= 0.6 is 0 Å². The van der Waals surface area contributed by atoms with Gasteiger partial charge in [0, 0.05) is 19.6 Å². The SMILES string of the molecule is C=CCN(CCCOc1ccc(OC)cc1)CCC(=O)O. The molecule has 0 atom stereocenters. The van der Waals surface area contributed by atoms with Gasteiger partial charge in [0.1, 0.15) is 11.5 Å². The van der Waals surface area contributed by atoms with E-state index >= 15 is 0 Å². The number of rotatable bonds is 11. The molecule has 0 aliphatic carbocycles. The van der Waals surface area contributed by atoms with Crippen molar-refractivity contribution in [3.05, 3.63) is 36.9 Å². The summed E-state index contributed by atoms with van der Waals surface area (Å²) < 4.78 is 10.7. The van der Waals surface area contributed by atoms with Gasteiger partial charge in [-0.15, -0.1) is 6.58 Å².